The smallest absolute Gasteiger partial charge is 0.409 e. The quantitative estimate of drug-likeness (QED) is 0.654. The van der Waals surface area contributed by atoms with Gasteiger partial charge in [0.05, 0.1) is 0 Å². The molecule has 0 radical (unpaired) electrons. The monoisotopic (exact) mass is 165 g/mol. The highest BCUT2D eigenvalue weighted by molar-refractivity contribution is 5.84. The molecule has 4 nitrogen and oxygen atoms in total. The number of aldehydes is 1. The van der Waals surface area contributed by atoms with Gasteiger partial charge in [-0.15, -0.1) is 0 Å². The largest absolute Gasteiger partial charge is 0.465 e. The van der Waals surface area contributed by atoms with E-state index in [-0.39, 0.29) is 0 Å². The number of hydrogen-bond donors (Lipinski definition) is 2. The molecule has 0 unspecified atom stereocenters. The van der Waals surface area contributed by atoms with E-state index in [0.29, 0.717) is 17.5 Å². The van der Waals surface area contributed by atoms with E-state index < -0.39 is 6.09 Å². The first-order valence-corrected chi connectivity index (χ1v) is 3.27. The van der Waals surface area contributed by atoms with Crippen molar-refractivity contribution in [2.45, 2.75) is 0 Å². The van der Waals surface area contributed by atoms with E-state index in [1.165, 1.54) is 24.3 Å². The molecule has 0 fully saturated rings. The molecular formula is C8H7NO3. The molecule has 1 aromatic rings. The van der Waals surface area contributed by atoms with E-state index in [1.807, 2.05) is 0 Å². The second-order valence-corrected chi connectivity index (χ2v) is 2.17. The average Bonchev–Trinajstić information content (AvgIpc) is 2.05. The van der Waals surface area contributed by atoms with Crippen LogP contribution in [0.2, 0.25) is 0 Å². The fraction of sp³-hybridized carbons (Fsp3) is 0. The lowest BCUT2D eigenvalue weighted by Gasteiger charge is -1.98. The van der Waals surface area contributed by atoms with E-state index in [2.05, 4.69) is 5.32 Å². The molecule has 1 rings (SSSR count). The van der Waals surface area contributed by atoms with Crippen LogP contribution >= 0.6 is 0 Å². The lowest BCUT2D eigenvalue weighted by atomic mass is 10.2. The lowest BCUT2D eigenvalue weighted by molar-refractivity contribution is 0.112. The van der Waals surface area contributed by atoms with Gasteiger partial charge in [-0.1, -0.05) is 0 Å². The van der Waals surface area contributed by atoms with Gasteiger partial charge in [-0.25, -0.2) is 4.79 Å². The third-order valence-electron chi connectivity index (χ3n) is 1.30. The molecule has 2 N–H and O–H groups in total. The number of rotatable bonds is 2. The van der Waals surface area contributed by atoms with E-state index in [0.717, 1.165) is 0 Å². The van der Waals surface area contributed by atoms with Crippen molar-refractivity contribution in [3.05, 3.63) is 29.8 Å². The van der Waals surface area contributed by atoms with Gasteiger partial charge < -0.3 is 5.11 Å². The van der Waals surface area contributed by atoms with Gasteiger partial charge in [0.25, 0.3) is 0 Å². The minimum Gasteiger partial charge on any atom is -0.465 e. The van der Waals surface area contributed by atoms with E-state index >= 15 is 0 Å². The molecule has 0 aromatic heterocycles. The van der Waals surface area contributed by atoms with Crippen LogP contribution in [0.15, 0.2) is 24.3 Å². The van der Waals surface area contributed by atoms with Crippen LogP contribution in [0.1, 0.15) is 10.4 Å². The number of hydrogen-bond acceptors (Lipinski definition) is 2. The van der Waals surface area contributed by atoms with Crippen LogP contribution < -0.4 is 5.32 Å². The van der Waals surface area contributed by atoms with Crippen molar-refractivity contribution in [3.8, 4) is 0 Å². The molecule has 0 aliphatic rings. The van der Waals surface area contributed by atoms with Gasteiger partial charge in [-0.05, 0) is 24.3 Å². The molecular weight excluding hydrogens is 158 g/mol. The summed E-state index contributed by atoms with van der Waals surface area (Å²) in [5, 5.41) is 10.5. The van der Waals surface area contributed by atoms with Crippen molar-refractivity contribution >= 4 is 18.1 Å². The molecule has 0 saturated heterocycles. The number of benzene rings is 1. The fourth-order valence-corrected chi connectivity index (χ4v) is 0.768. The normalized spacial score (nSPS) is 9.00. The Hall–Kier alpha value is -1.84. The molecule has 0 atom stereocenters. The summed E-state index contributed by atoms with van der Waals surface area (Å²) in [5.74, 6) is 0. The Labute approximate surface area is 68.8 Å². The number of carboxylic acid groups (broad SMARTS) is 1. The van der Waals surface area contributed by atoms with Crippen LogP contribution in [0.25, 0.3) is 0 Å². The van der Waals surface area contributed by atoms with Crippen LogP contribution in [0, 0.1) is 0 Å². The summed E-state index contributed by atoms with van der Waals surface area (Å²) in [5.41, 5.74) is 0.971. The Morgan fingerprint density at radius 1 is 1.33 bits per heavy atom. The predicted octanol–water partition coefficient (Wildman–Crippen LogP) is 1.59. The highest BCUT2D eigenvalue weighted by Gasteiger charge is 1.96. The Bertz CT molecular complexity index is 292. The number of nitrogens with one attached hydrogen (secondary N) is 1. The summed E-state index contributed by atoms with van der Waals surface area (Å²) in [7, 11) is 0. The molecule has 0 saturated carbocycles. The fourth-order valence-electron chi connectivity index (χ4n) is 0.768. The second-order valence-electron chi connectivity index (χ2n) is 2.17. The zero-order chi connectivity index (χ0) is 8.97. The van der Waals surface area contributed by atoms with Crippen molar-refractivity contribution in [2.24, 2.45) is 0 Å². The standard InChI is InChI=1S/C8H7NO3/c10-5-6-1-3-7(4-2-6)9-8(11)12/h1-5,9H,(H,11,12). The van der Waals surface area contributed by atoms with Crippen LogP contribution in [0.4, 0.5) is 10.5 Å². The van der Waals surface area contributed by atoms with Crippen molar-refractivity contribution < 1.29 is 14.7 Å². The zero-order valence-electron chi connectivity index (χ0n) is 6.15. The Morgan fingerprint density at radius 3 is 2.33 bits per heavy atom. The molecule has 0 spiro atoms. The lowest BCUT2D eigenvalue weighted by Crippen LogP contribution is -2.06. The molecule has 0 aliphatic carbocycles. The molecule has 12 heavy (non-hydrogen) atoms. The summed E-state index contributed by atoms with van der Waals surface area (Å²) in [6, 6.07) is 6.13. The molecule has 0 heterocycles. The van der Waals surface area contributed by atoms with Crippen LogP contribution in [0.5, 0.6) is 0 Å². The number of amides is 1. The average molecular weight is 165 g/mol. The summed E-state index contributed by atoms with van der Waals surface area (Å²) in [6.45, 7) is 0. The van der Waals surface area contributed by atoms with Gasteiger partial charge in [-0.2, -0.15) is 0 Å². The maximum absolute atomic E-state index is 10.2. The zero-order valence-corrected chi connectivity index (χ0v) is 6.15. The highest BCUT2D eigenvalue weighted by Crippen LogP contribution is 2.07. The third kappa shape index (κ3) is 2.09. The molecule has 1 amide bonds. The Kier molecular flexibility index (Phi) is 2.42. The summed E-state index contributed by atoms with van der Waals surface area (Å²) >= 11 is 0. The first kappa shape index (κ1) is 8.26. The summed E-state index contributed by atoms with van der Waals surface area (Å²) in [4.78, 5) is 20.3. The van der Waals surface area contributed by atoms with Crippen LogP contribution in [-0.2, 0) is 0 Å². The summed E-state index contributed by atoms with van der Waals surface area (Å²) < 4.78 is 0. The SMILES string of the molecule is O=Cc1ccc(NC(=O)O)cc1. The Morgan fingerprint density at radius 2 is 1.92 bits per heavy atom. The molecule has 1 aromatic carbocycles. The minimum atomic E-state index is -1.12. The van der Waals surface area contributed by atoms with Crippen molar-refractivity contribution in [2.75, 3.05) is 5.32 Å². The first-order chi connectivity index (χ1) is 5.72. The molecule has 62 valence electrons. The molecule has 4 heteroatoms. The van der Waals surface area contributed by atoms with Crippen molar-refractivity contribution in [1.29, 1.82) is 0 Å². The third-order valence-corrected chi connectivity index (χ3v) is 1.30. The van der Waals surface area contributed by atoms with Crippen molar-refractivity contribution in [3.63, 3.8) is 0 Å². The minimum absolute atomic E-state index is 0.452. The maximum Gasteiger partial charge on any atom is 0.409 e. The van der Waals surface area contributed by atoms with Gasteiger partial charge in [0.1, 0.15) is 6.29 Å². The number of carbonyl (C=O) groups excluding carboxylic acids is 1. The van der Waals surface area contributed by atoms with Gasteiger partial charge in [-0.3, -0.25) is 10.1 Å². The number of carbonyl (C=O) groups is 2. The molecule has 0 bridgehead atoms. The van der Waals surface area contributed by atoms with Gasteiger partial charge in [0.15, 0.2) is 0 Å². The van der Waals surface area contributed by atoms with Gasteiger partial charge >= 0.3 is 6.09 Å². The van der Waals surface area contributed by atoms with Crippen LogP contribution in [-0.4, -0.2) is 17.5 Å². The molecule has 0 aliphatic heterocycles. The van der Waals surface area contributed by atoms with Gasteiger partial charge in [0.2, 0.25) is 0 Å². The summed E-state index contributed by atoms with van der Waals surface area (Å²) in [6.07, 6.45) is -0.418. The Balaban J connectivity index is 2.77. The predicted molar refractivity (Wildman–Crippen MR) is 43.5 cm³/mol. The maximum atomic E-state index is 10.2. The highest BCUT2D eigenvalue weighted by atomic mass is 16.4. The topological polar surface area (TPSA) is 66.4 Å². The van der Waals surface area contributed by atoms with E-state index in [9.17, 15) is 9.59 Å². The van der Waals surface area contributed by atoms with Crippen LogP contribution in [0.3, 0.4) is 0 Å². The van der Waals surface area contributed by atoms with Gasteiger partial charge in [0, 0.05) is 11.3 Å². The number of anilines is 1. The van der Waals surface area contributed by atoms with E-state index in [1.54, 1.807) is 0 Å². The second kappa shape index (κ2) is 3.52. The van der Waals surface area contributed by atoms with E-state index in [4.69, 9.17) is 5.11 Å². The van der Waals surface area contributed by atoms with Crippen molar-refractivity contribution in [1.82, 2.24) is 0 Å². The first-order valence-electron chi connectivity index (χ1n) is 3.27.